The summed E-state index contributed by atoms with van der Waals surface area (Å²) in [6.45, 7) is 0.0407. The van der Waals surface area contributed by atoms with E-state index in [1.165, 1.54) is 32.3 Å². The summed E-state index contributed by atoms with van der Waals surface area (Å²) in [5.74, 6) is -0.889. The second-order valence-corrected chi connectivity index (χ2v) is 8.15. The summed E-state index contributed by atoms with van der Waals surface area (Å²) in [4.78, 5) is 32.2. The van der Waals surface area contributed by atoms with Gasteiger partial charge in [-0.25, -0.2) is 0 Å². The molecule has 1 unspecified atom stereocenters. The standard InChI is InChI=1S/C26H23ClN2O6/c1-33-19-12-16(13-20(34-2)25(19)35-3)22-21(23(30)15-7-6-8-17(27)11-15)24(31)26(32)29(22)14-18-9-4-5-10-28-18/h4-13,22,30H,14H2,1-3H3/b23-21+. The lowest BCUT2D eigenvalue weighted by atomic mass is 9.94. The number of hydrogen-bond donors (Lipinski definition) is 1. The van der Waals surface area contributed by atoms with Gasteiger partial charge < -0.3 is 24.2 Å². The zero-order chi connectivity index (χ0) is 25.1. The van der Waals surface area contributed by atoms with Gasteiger partial charge in [0.05, 0.1) is 45.2 Å². The molecule has 1 atom stereocenters. The van der Waals surface area contributed by atoms with Crippen molar-refractivity contribution < 1.29 is 28.9 Å². The molecule has 35 heavy (non-hydrogen) atoms. The third kappa shape index (κ3) is 4.52. The summed E-state index contributed by atoms with van der Waals surface area (Å²) in [7, 11) is 4.42. The fourth-order valence-electron chi connectivity index (χ4n) is 4.11. The summed E-state index contributed by atoms with van der Waals surface area (Å²) in [6.07, 6.45) is 1.60. The zero-order valence-corrected chi connectivity index (χ0v) is 20.1. The second kappa shape index (κ2) is 10.1. The molecule has 0 radical (unpaired) electrons. The van der Waals surface area contributed by atoms with Crippen molar-refractivity contribution in [2.45, 2.75) is 12.6 Å². The van der Waals surface area contributed by atoms with E-state index in [0.717, 1.165) is 0 Å². The predicted octanol–water partition coefficient (Wildman–Crippen LogP) is 4.38. The van der Waals surface area contributed by atoms with Gasteiger partial charge in [0.25, 0.3) is 11.7 Å². The Morgan fingerprint density at radius 3 is 2.29 bits per heavy atom. The number of Topliss-reactive ketones (excluding diaryl/α,β-unsaturated/α-hetero) is 1. The number of amides is 1. The Hall–Kier alpha value is -4.04. The molecule has 1 N–H and O–H groups in total. The minimum Gasteiger partial charge on any atom is -0.507 e. The van der Waals surface area contributed by atoms with Gasteiger partial charge in [-0.2, -0.15) is 0 Å². The monoisotopic (exact) mass is 494 g/mol. The lowest BCUT2D eigenvalue weighted by Crippen LogP contribution is -2.29. The van der Waals surface area contributed by atoms with Crippen LogP contribution in [0.3, 0.4) is 0 Å². The van der Waals surface area contributed by atoms with Crippen LogP contribution in [0.2, 0.25) is 5.02 Å². The van der Waals surface area contributed by atoms with E-state index in [9.17, 15) is 14.7 Å². The van der Waals surface area contributed by atoms with Gasteiger partial charge >= 0.3 is 0 Å². The number of carbonyl (C=O) groups excluding carboxylic acids is 2. The quantitative estimate of drug-likeness (QED) is 0.295. The number of aliphatic hydroxyl groups excluding tert-OH is 1. The summed E-state index contributed by atoms with van der Waals surface area (Å²) < 4.78 is 16.4. The first-order valence-electron chi connectivity index (χ1n) is 10.6. The summed E-state index contributed by atoms with van der Waals surface area (Å²) in [5, 5.41) is 11.6. The smallest absolute Gasteiger partial charge is 0.296 e. The third-order valence-electron chi connectivity index (χ3n) is 5.70. The molecule has 2 heterocycles. The van der Waals surface area contributed by atoms with Crippen molar-refractivity contribution in [1.82, 2.24) is 9.88 Å². The van der Waals surface area contributed by atoms with Gasteiger partial charge in [-0.05, 0) is 42.0 Å². The van der Waals surface area contributed by atoms with E-state index < -0.39 is 17.7 Å². The number of likely N-dealkylation sites (tertiary alicyclic amines) is 1. The van der Waals surface area contributed by atoms with E-state index in [0.29, 0.717) is 39.1 Å². The van der Waals surface area contributed by atoms with E-state index in [4.69, 9.17) is 25.8 Å². The molecule has 4 rings (SSSR count). The first-order valence-corrected chi connectivity index (χ1v) is 11.0. The summed E-state index contributed by atoms with van der Waals surface area (Å²) >= 11 is 6.11. The first kappa shape index (κ1) is 24.1. The van der Waals surface area contributed by atoms with Gasteiger partial charge in [0, 0.05) is 16.8 Å². The topological polar surface area (TPSA) is 98.2 Å². The average Bonchev–Trinajstić information content (AvgIpc) is 3.12. The van der Waals surface area contributed by atoms with Crippen LogP contribution in [-0.4, -0.2) is 48.0 Å². The van der Waals surface area contributed by atoms with Crippen LogP contribution in [0.1, 0.15) is 22.9 Å². The van der Waals surface area contributed by atoms with Crippen LogP contribution in [0.5, 0.6) is 17.2 Å². The molecule has 1 saturated heterocycles. The lowest BCUT2D eigenvalue weighted by molar-refractivity contribution is -0.140. The highest BCUT2D eigenvalue weighted by molar-refractivity contribution is 6.46. The largest absolute Gasteiger partial charge is 0.507 e. The van der Waals surface area contributed by atoms with Crippen LogP contribution in [-0.2, 0) is 16.1 Å². The maximum Gasteiger partial charge on any atom is 0.296 e. The van der Waals surface area contributed by atoms with Gasteiger partial charge in [0.15, 0.2) is 11.5 Å². The number of aromatic nitrogens is 1. The zero-order valence-electron chi connectivity index (χ0n) is 19.3. The number of ether oxygens (including phenoxy) is 3. The highest BCUT2D eigenvalue weighted by Crippen LogP contribution is 2.46. The summed E-state index contributed by atoms with van der Waals surface area (Å²) in [6, 6.07) is 14.1. The van der Waals surface area contributed by atoms with E-state index in [1.807, 2.05) is 0 Å². The van der Waals surface area contributed by atoms with Crippen molar-refractivity contribution in [2.24, 2.45) is 0 Å². The average molecular weight is 495 g/mol. The van der Waals surface area contributed by atoms with Crippen LogP contribution in [0, 0.1) is 0 Å². The SMILES string of the molecule is COc1cc(C2/C(=C(\O)c3cccc(Cl)c3)C(=O)C(=O)N2Cc2ccccn2)cc(OC)c1OC. The molecular formula is C26H23ClN2O6. The van der Waals surface area contributed by atoms with Gasteiger partial charge in [0.1, 0.15) is 5.76 Å². The highest BCUT2D eigenvalue weighted by atomic mass is 35.5. The van der Waals surface area contributed by atoms with Gasteiger partial charge in [-0.1, -0.05) is 29.8 Å². The van der Waals surface area contributed by atoms with E-state index >= 15 is 0 Å². The van der Waals surface area contributed by atoms with E-state index in [-0.39, 0.29) is 17.9 Å². The number of benzene rings is 2. The lowest BCUT2D eigenvalue weighted by Gasteiger charge is -2.26. The number of halogens is 1. The third-order valence-corrected chi connectivity index (χ3v) is 5.93. The molecule has 1 amide bonds. The Kier molecular flexibility index (Phi) is 6.93. The Balaban J connectivity index is 1.95. The fourth-order valence-corrected chi connectivity index (χ4v) is 4.30. The number of methoxy groups -OCH3 is 3. The molecule has 180 valence electrons. The fraction of sp³-hybridized carbons (Fsp3) is 0.192. The molecule has 1 aliphatic heterocycles. The minimum absolute atomic E-state index is 0.0407. The number of ketones is 1. The van der Waals surface area contributed by atoms with Crippen LogP contribution >= 0.6 is 11.6 Å². The van der Waals surface area contributed by atoms with Crippen LogP contribution in [0.25, 0.3) is 5.76 Å². The number of pyridine rings is 1. The van der Waals surface area contributed by atoms with Crippen molar-refractivity contribution in [3.8, 4) is 17.2 Å². The Bertz CT molecular complexity index is 1280. The van der Waals surface area contributed by atoms with Crippen molar-refractivity contribution in [1.29, 1.82) is 0 Å². The molecule has 1 aromatic heterocycles. The van der Waals surface area contributed by atoms with Crippen molar-refractivity contribution in [3.05, 3.63) is 88.2 Å². The molecular weight excluding hydrogens is 472 g/mol. The number of hydrogen-bond acceptors (Lipinski definition) is 7. The molecule has 2 aromatic carbocycles. The maximum absolute atomic E-state index is 13.3. The van der Waals surface area contributed by atoms with Crippen molar-refractivity contribution in [2.75, 3.05) is 21.3 Å². The highest BCUT2D eigenvalue weighted by Gasteiger charge is 2.46. The van der Waals surface area contributed by atoms with Crippen molar-refractivity contribution >= 4 is 29.1 Å². The van der Waals surface area contributed by atoms with E-state index in [2.05, 4.69) is 4.98 Å². The molecule has 1 aliphatic rings. The van der Waals surface area contributed by atoms with Crippen molar-refractivity contribution in [3.63, 3.8) is 0 Å². The minimum atomic E-state index is -0.954. The number of aliphatic hydroxyl groups is 1. The normalized spacial score (nSPS) is 16.9. The first-order chi connectivity index (χ1) is 16.9. The molecule has 9 heteroatoms. The Morgan fingerprint density at radius 1 is 1.00 bits per heavy atom. The predicted molar refractivity (Wildman–Crippen MR) is 130 cm³/mol. The molecule has 0 aliphatic carbocycles. The number of nitrogens with zero attached hydrogens (tertiary/aromatic N) is 2. The number of rotatable bonds is 7. The Labute approximate surface area is 207 Å². The molecule has 0 spiro atoms. The van der Waals surface area contributed by atoms with Crippen LogP contribution in [0.15, 0.2) is 66.4 Å². The van der Waals surface area contributed by atoms with Gasteiger partial charge in [-0.15, -0.1) is 0 Å². The van der Waals surface area contributed by atoms with Gasteiger partial charge in [-0.3, -0.25) is 14.6 Å². The van der Waals surface area contributed by atoms with E-state index in [1.54, 1.807) is 54.7 Å². The second-order valence-electron chi connectivity index (χ2n) is 7.72. The Morgan fingerprint density at radius 2 is 1.71 bits per heavy atom. The number of carbonyl (C=O) groups is 2. The summed E-state index contributed by atoms with van der Waals surface area (Å²) in [5.41, 5.74) is 1.29. The van der Waals surface area contributed by atoms with Crippen LogP contribution < -0.4 is 14.2 Å². The molecule has 8 nitrogen and oxygen atoms in total. The van der Waals surface area contributed by atoms with Gasteiger partial charge in [0.2, 0.25) is 5.75 Å². The maximum atomic E-state index is 13.3. The van der Waals surface area contributed by atoms with Crippen LogP contribution in [0.4, 0.5) is 0 Å². The molecule has 0 saturated carbocycles. The molecule has 0 bridgehead atoms. The molecule has 3 aromatic rings. The molecule has 1 fully saturated rings.